The van der Waals surface area contributed by atoms with Crippen LogP contribution in [0.3, 0.4) is 0 Å². The molecule has 2 rings (SSSR count). The van der Waals surface area contributed by atoms with E-state index in [1.54, 1.807) is 11.1 Å². The fourth-order valence-electron chi connectivity index (χ4n) is 1.67. The molecule has 1 aliphatic heterocycles. The minimum Gasteiger partial charge on any atom is -0.314 e. The molecule has 1 saturated heterocycles. The van der Waals surface area contributed by atoms with Crippen molar-refractivity contribution < 1.29 is 9.59 Å². The predicted molar refractivity (Wildman–Crippen MR) is 59.9 cm³/mol. The first-order valence-corrected chi connectivity index (χ1v) is 5.98. The van der Waals surface area contributed by atoms with Crippen LogP contribution in [-0.4, -0.2) is 28.4 Å². The second kappa shape index (κ2) is 4.21. The standard InChI is InChI=1S/C10H13N3O2S/c1-6-5-13(10(15)12-8(6)14)7(2)9-11-3-4-16-9/h3-4,6-7H,5H2,1-2H3,(H,12,14,15). The summed E-state index contributed by atoms with van der Waals surface area (Å²) in [5.74, 6) is -0.368. The van der Waals surface area contributed by atoms with E-state index in [0.717, 1.165) is 5.01 Å². The van der Waals surface area contributed by atoms with E-state index in [0.29, 0.717) is 6.54 Å². The van der Waals surface area contributed by atoms with Gasteiger partial charge in [0.2, 0.25) is 5.91 Å². The van der Waals surface area contributed by atoms with E-state index < -0.39 is 0 Å². The van der Waals surface area contributed by atoms with E-state index in [4.69, 9.17) is 0 Å². The lowest BCUT2D eigenvalue weighted by Crippen LogP contribution is -2.54. The third-order valence-corrected chi connectivity index (χ3v) is 3.63. The van der Waals surface area contributed by atoms with Crippen LogP contribution < -0.4 is 5.32 Å². The number of hydrogen-bond acceptors (Lipinski definition) is 4. The molecule has 5 nitrogen and oxygen atoms in total. The number of nitrogens with zero attached hydrogens (tertiary/aromatic N) is 2. The third-order valence-electron chi connectivity index (χ3n) is 2.69. The minimum absolute atomic E-state index is 0.0875. The molecule has 1 aromatic rings. The van der Waals surface area contributed by atoms with Gasteiger partial charge in [-0.25, -0.2) is 9.78 Å². The summed E-state index contributed by atoms with van der Waals surface area (Å²) in [4.78, 5) is 28.8. The molecule has 3 amide bonds. The summed E-state index contributed by atoms with van der Waals surface area (Å²) in [6, 6.07) is -0.415. The molecule has 0 spiro atoms. The molecule has 2 unspecified atom stereocenters. The lowest BCUT2D eigenvalue weighted by molar-refractivity contribution is -0.125. The van der Waals surface area contributed by atoms with Gasteiger partial charge in [-0.1, -0.05) is 6.92 Å². The first-order chi connectivity index (χ1) is 7.59. The van der Waals surface area contributed by atoms with Crippen LogP contribution >= 0.6 is 11.3 Å². The lowest BCUT2D eigenvalue weighted by atomic mass is 10.1. The van der Waals surface area contributed by atoms with Gasteiger partial charge in [0.25, 0.3) is 0 Å². The van der Waals surface area contributed by atoms with Crippen LogP contribution in [-0.2, 0) is 4.79 Å². The van der Waals surface area contributed by atoms with E-state index in [2.05, 4.69) is 10.3 Å². The number of imide groups is 1. The van der Waals surface area contributed by atoms with Crippen LogP contribution in [0.1, 0.15) is 24.9 Å². The van der Waals surface area contributed by atoms with Crippen molar-refractivity contribution in [2.75, 3.05) is 6.54 Å². The Morgan fingerprint density at radius 1 is 1.62 bits per heavy atom. The highest BCUT2D eigenvalue weighted by atomic mass is 32.1. The molecule has 16 heavy (non-hydrogen) atoms. The van der Waals surface area contributed by atoms with Crippen molar-refractivity contribution in [2.24, 2.45) is 5.92 Å². The van der Waals surface area contributed by atoms with Gasteiger partial charge in [-0.15, -0.1) is 11.3 Å². The highest BCUT2D eigenvalue weighted by Gasteiger charge is 2.33. The molecule has 1 fully saturated rings. The van der Waals surface area contributed by atoms with Gasteiger partial charge in [0.05, 0.1) is 12.0 Å². The average molecular weight is 239 g/mol. The number of aromatic nitrogens is 1. The molecule has 0 aromatic carbocycles. The average Bonchev–Trinajstić information content (AvgIpc) is 2.75. The molecule has 86 valence electrons. The van der Waals surface area contributed by atoms with E-state index in [1.165, 1.54) is 11.3 Å². The van der Waals surface area contributed by atoms with Crippen LogP contribution in [0.15, 0.2) is 11.6 Å². The van der Waals surface area contributed by atoms with Crippen molar-refractivity contribution in [1.82, 2.24) is 15.2 Å². The maximum atomic E-state index is 11.7. The van der Waals surface area contributed by atoms with Crippen molar-refractivity contribution in [2.45, 2.75) is 19.9 Å². The van der Waals surface area contributed by atoms with E-state index in [1.807, 2.05) is 19.2 Å². The van der Waals surface area contributed by atoms with Gasteiger partial charge in [0.1, 0.15) is 5.01 Å². The fourth-order valence-corrected chi connectivity index (χ4v) is 2.38. The quantitative estimate of drug-likeness (QED) is 0.848. The zero-order chi connectivity index (χ0) is 11.7. The second-order valence-electron chi connectivity index (χ2n) is 3.89. The molecule has 1 N–H and O–H groups in total. The summed E-state index contributed by atoms with van der Waals surface area (Å²) in [5.41, 5.74) is 0. The molecule has 0 radical (unpaired) electrons. The zero-order valence-corrected chi connectivity index (χ0v) is 9.95. The van der Waals surface area contributed by atoms with Gasteiger partial charge >= 0.3 is 6.03 Å². The maximum absolute atomic E-state index is 11.7. The van der Waals surface area contributed by atoms with Crippen molar-refractivity contribution in [1.29, 1.82) is 0 Å². The second-order valence-corrected chi connectivity index (χ2v) is 4.82. The molecular weight excluding hydrogens is 226 g/mol. The molecule has 1 aliphatic rings. The van der Waals surface area contributed by atoms with Crippen LogP contribution in [0, 0.1) is 5.92 Å². The number of carbonyl (C=O) groups excluding carboxylic acids is 2. The van der Waals surface area contributed by atoms with Gasteiger partial charge in [-0.2, -0.15) is 0 Å². The number of rotatable bonds is 2. The summed E-state index contributed by atoms with van der Waals surface area (Å²) < 4.78 is 0. The highest BCUT2D eigenvalue weighted by Crippen LogP contribution is 2.24. The number of carbonyl (C=O) groups is 2. The SMILES string of the molecule is CC1CN(C(C)c2nccs2)C(=O)NC1=O. The van der Waals surface area contributed by atoms with Crippen molar-refractivity contribution in [3.63, 3.8) is 0 Å². The highest BCUT2D eigenvalue weighted by molar-refractivity contribution is 7.09. The smallest absolute Gasteiger partial charge is 0.314 e. The summed E-state index contributed by atoms with van der Waals surface area (Å²) in [6.45, 7) is 4.18. The third kappa shape index (κ3) is 1.92. The molecule has 2 heterocycles. The first kappa shape index (κ1) is 11.1. The van der Waals surface area contributed by atoms with Crippen molar-refractivity contribution in [3.05, 3.63) is 16.6 Å². The molecular formula is C10H13N3O2S. The van der Waals surface area contributed by atoms with Gasteiger partial charge in [0.15, 0.2) is 0 Å². The summed E-state index contributed by atoms with van der Waals surface area (Å²) in [6.07, 6.45) is 1.72. The number of hydrogen-bond donors (Lipinski definition) is 1. The normalized spacial score (nSPS) is 23.1. The monoisotopic (exact) mass is 239 g/mol. The molecule has 6 heteroatoms. The summed E-state index contributed by atoms with van der Waals surface area (Å²) in [7, 11) is 0. The Bertz CT molecular complexity index is 404. The predicted octanol–water partition coefficient (Wildman–Crippen LogP) is 1.39. The Morgan fingerprint density at radius 2 is 2.38 bits per heavy atom. The Hall–Kier alpha value is -1.43. The van der Waals surface area contributed by atoms with Crippen LogP contribution in [0.2, 0.25) is 0 Å². The van der Waals surface area contributed by atoms with E-state index in [9.17, 15) is 9.59 Å². The zero-order valence-electron chi connectivity index (χ0n) is 9.14. The molecule has 0 aliphatic carbocycles. The van der Waals surface area contributed by atoms with Crippen molar-refractivity contribution in [3.8, 4) is 0 Å². The van der Waals surface area contributed by atoms with Gasteiger partial charge in [0, 0.05) is 18.1 Å². The van der Waals surface area contributed by atoms with E-state index >= 15 is 0 Å². The van der Waals surface area contributed by atoms with Crippen LogP contribution in [0.5, 0.6) is 0 Å². The largest absolute Gasteiger partial charge is 0.324 e. The molecule has 2 atom stereocenters. The Kier molecular flexibility index (Phi) is 2.91. The maximum Gasteiger partial charge on any atom is 0.324 e. The van der Waals surface area contributed by atoms with Gasteiger partial charge in [-0.3, -0.25) is 10.1 Å². The Morgan fingerprint density at radius 3 is 3.00 bits per heavy atom. The van der Waals surface area contributed by atoms with Gasteiger partial charge < -0.3 is 4.90 Å². The number of amides is 3. The molecule has 0 saturated carbocycles. The van der Waals surface area contributed by atoms with Crippen molar-refractivity contribution >= 4 is 23.3 Å². The first-order valence-electron chi connectivity index (χ1n) is 5.10. The Labute approximate surface area is 97.5 Å². The number of nitrogens with one attached hydrogen (secondary N) is 1. The van der Waals surface area contributed by atoms with Crippen LogP contribution in [0.25, 0.3) is 0 Å². The topological polar surface area (TPSA) is 62.3 Å². The lowest BCUT2D eigenvalue weighted by Gasteiger charge is -2.33. The fraction of sp³-hybridized carbons (Fsp3) is 0.500. The van der Waals surface area contributed by atoms with Crippen LogP contribution in [0.4, 0.5) is 4.79 Å². The summed E-state index contributed by atoms with van der Waals surface area (Å²) in [5, 5.41) is 5.11. The molecule has 1 aromatic heterocycles. The number of urea groups is 1. The number of thiazole rings is 1. The van der Waals surface area contributed by atoms with Gasteiger partial charge in [-0.05, 0) is 6.92 Å². The Balaban J connectivity index is 2.15. The minimum atomic E-state index is -0.328. The summed E-state index contributed by atoms with van der Waals surface area (Å²) >= 11 is 1.51. The van der Waals surface area contributed by atoms with E-state index in [-0.39, 0.29) is 23.9 Å². The molecule has 0 bridgehead atoms.